The van der Waals surface area contributed by atoms with Crippen molar-refractivity contribution in [1.82, 2.24) is 9.80 Å². The Balaban J connectivity index is 1.84. The molecule has 3 nitrogen and oxygen atoms in total. The number of piperidine rings is 1. The molecule has 2 fully saturated rings. The first kappa shape index (κ1) is 16.3. The number of aliphatic hydroxyl groups excluding tert-OH is 1. The van der Waals surface area contributed by atoms with Gasteiger partial charge in [-0.2, -0.15) is 0 Å². The second-order valence-electron chi connectivity index (χ2n) is 7.31. The smallest absolute Gasteiger partial charge is 0.0580 e. The zero-order chi connectivity index (χ0) is 14.5. The van der Waals surface area contributed by atoms with Crippen LogP contribution in [0.3, 0.4) is 0 Å². The molecule has 0 aromatic heterocycles. The second-order valence-corrected chi connectivity index (χ2v) is 7.31. The van der Waals surface area contributed by atoms with Gasteiger partial charge in [-0.15, -0.1) is 0 Å². The van der Waals surface area contributed by atoms with E-state index >= 15 is 0 Å². The molecule has 1 saturated heterocycles. The Labute approximate surface area is 125 Å². The fourth-order valence-electron chi connectivity index (χ4n) is 4.16. The fraction of sp³-hybridized carbons (Fsp3) is 1.00. The van der Waals surface area contributed by atoms with Crippen molar-refractivity contribution in [3.63, 3.8) is 0 Å². The van der Waals surface area contributed by atoms with E-state index in [1.165, 1.54) is 51.6 Å². The van der Waals surface area contributed by atoms with E-state index in [0.717, 1.165) is 18.9 Å². The van der Waals surface area contributed by atoms with Crippen LogP contribution in [0.1, 0.15) is 51.9 Å². The standard InChI is InChI=1S/C17H34N2O/c1-4-6-14-8-9-17(20)15(11-14)12-19-10-5-7-16(13-19)18(2)3/h14-17,20H,4-13H2,1-3H3. The Morgan fingerprint density at radius 3 is 2.70 bits per heavy atom. The van der Waals surface area contributed by atoms with Gasteiger partial charge in [0.1, 0.15) is 0 Å². The van der Waals surface area contributed by atoms with Crippen molar-refractivity contribution in [2.45, 2.75) is 64.0 Å². The molecule has 4 atom stereocenters. The van der Waals surface area contributed by atoms with Crippen molar-refractivity contribution in [3.05, 3.63) is 0 Å². The Morgan fingerprint density at radius 1 is 1.20 bits per heavy atom. The van der Waals surface area contributed by atoms with Gasteiger partial charge in [-0.25, -0.2) is 0 Å². The minimum Gasteiger partial charge on any atom is -0.393 e. The summed E-state index contributed by atoms with van der Waals surface area (Å²) in [5.41, 5.74) is 0. The monoisotopic (exact) mass is 282 g/mol. The third kappa shape index (κ3) is 4.44. The molecule has 1 heterocycles. The van der Waals surface area contributed by atoms with Crippen molar-refractivity contribution in [1.29, 1.82) is 0 Å². The van der Waals surface area contributed by atoms with E-state index in [0.29, 0.717) is 12.0 Å². The van der Waals surface area contributed by atoms with Gasteiger partial charge in [-0.3, -0.25) is 0 Å². The molecule has 0 spiro atoms. The lowest BCUT2D eigenvalue weighted by Gasteiger charge is -2.41. The summed E-state index contributed by atoms with van der Waals surface area (Å²) in [6.07, 6.45) is 8.75. The predicted octanol–water partition coefficient (Wildman–Crippen LogP) is 2.59. The van der Waals surface area contributed by atoms with Crippen LogP contribution in [-0.4, -0.2) is 60.8 Å². The van der Waals surface area contributed by atoms with Crippen LogP contribution in [0, 0.1) is 11.8 Å². The van der Waals surface area contributed by atoms with Crippen molar-refractivity contribution in [3.8, 4) is 0 Å². The van der Waals surface area contributed by atoms with E-state index in [2.05, 4.69) is 30.8 Å². The minimum atomic E-state index is -0.0529. The average Bonchev–Trinajstić information content (AvgIpc) is 2.43. The summed E-state index contributed by atoms with van der Waals surface area (Å²) in [7, 11) is 4.39. The maximum absolute atomic E-state index is 10.3. The summed E-state index contributed by atoms with van der Waals surface area (Å²) in [6, 6.07) is 0.705. The molecule has 2 rings (SSSR count). The maximum atomic E-state index is 10.3. The SMILES string of the molecule is CCCC1CCC(O)C(CN2CCCC(N(C)C)C2)C1. The molecule has 1 aliphatic carbocycles. The van der Waals surface area contributed by atoms with Gasteiger partial charge in [0.2, 0.25) is 0 Å². The van der Waals surface area contributed by atoms with Crippen LogP contribution in [0.4, 0.5) is 0 Å². The van der Waals surface area contributed by atoms with E-state index in [1.54, 1.807) is 0 Å². The first-order valence-corrected chi connectivity index (χ1v) is 8.67. The lowest BCUT2D eigenvalue weighted by molar-refractivity contribution is 0.0150. The molecule has 3 heteroatoms. The quantitative estimate of drug-likeness (QED) is 0.839. The first-order valence-electron chi connectivity index (χ1n) is 8.67. The molecule has 0 aromatic carbocycles. The molecular formula is C17H34N2O. The van der Waals surface area contributed by atoms with E-state index in [1.807, 2.05) is 0 Å². The second kappa shape index (κ2) is 7.77. The van der Waals surface area contributed by atoms with Crippen molar-refractivity contribution >= 4 is 0 Å². The number of aliphatic hydroxyl groups is 1. The number of likely N-dealkylation sites (tertiary alicyclic amines) is 1. The lowest BCUT2D eigenvalue weighted by Crippen LogP contribution is -2.48. The molecule has 1 saturated carbocycles. The molecule has 20 heavy (non-hydrogen) atoms. The number of nitrogens with zero attached hydrogens (tertiary/aromatic N) is 2. The van der Waals surface area contributed by atoms with Crippen LogP contribution in [0.2, 0.25) is 0 Å². The molecule has 2 aliphatic rings. The largest absolute Gasteiger partial charge is 0.393 e. The van der Waals surface area contributed by atoms with Gasteiger partial charge in [0.25, 0.3) is 0 Å². The zero-order valence-electron chi connectivity index (χ0n) is 13.7. The van der Waals surface area contributed by atoms with Crippen LogP contribution in [0.5, 0.6) is 0 Å². The Morgan fingerprint density at radius 2 is 2.00 bits per heavy atom. The van der Waals surface area contributed by atoms with Crippen LogP contribution in [0.15, 0.2) is 0 Å². The predicted molar refractivity (Wildman–Crippen MR) is 84.9 cm³/mol. The average molecular weight is 282 g/mol. The Bertz CT molecular complexity index is 282. The highest BCUT2D eigenvalue weighted by Gasteiger charge is 2.31. The molecule has 118 valence electrons. The molecule has 0 bridgehead atoms. The normalized spacial score (nSPS) is 36.5. The van der Waals surface area contributed by atoms with Gasteiger partial charge in [0.15, 0.2) is 0 Å². The van der Waals surface area contributed by atoms with E-state index in [-0.39, 0.29) is 6.10 Å². The van der Waals surface area contributed by atoms with Crippen molar-refractivity contribution in [2.24, 2.45) is 11.8 Å². The molecule has 4 unspecified atom stereocenters. The summed E-state index contributed by atoms with van der Waals surface area (Å²) in [5, 5.41) is 10.3. The minimum absolute atomic E-state index is 0.0529. The Hall–Kier alpha value is -0.120. The molecule has 0 aromatic rings. The molecule has 0 amide bonds. The Kier molecular flexibility index (Phi) is 6.31. The summed E-state index contributed by atoms with van der Waals surface area (Å²) < 4.78 is 0. The topological polar surface area (TPSA) is 26.7 Å². The first-order chi connectivity index (χ1) is 9.60. The van der Waals surface area contributed by atoms with Crippen LogP contribution in [-0.2, 0) is 0 Å². The number of rotatable bonds is 5. The van der Waals surface area contributed by atoms with Crippen LogP contribution in [0.25, 0.3) is 0 Å². The lowest BCUT2D eigenvalue weighted by atomic mass is 9.77. The van der Waals surface area contributed by atoms with E-state index < -0.39 is 0 Å². The van der Waals surface area contributed by atoms with E-state index in [9.17, 15) is 5.11 Å². The van der Waals surface area contributed by atoms with Crippen molar-refractivity contribution in [2.75, 3.05) is 33.7 Å². The summed E-state index contributed by atoms with van der Waals surface area (Å²) in [6.45, 7) is 5.82. The van der Waals surface area contributed by atoms with Crippen LogP contribution >= 0.6 is 0 Å². The van der Waals surface area contributed by atoms with Crippen LogP contribution < -0.4 is 0 Å². The highest BCUT2D eigenvalue weighted by Crippen LogP contribution is 2.33. The number of likely N-dealkylation sites (N-methyl/N-ethyl adjacent to an activating group) is 1. The molecule has 1 aliphatic heterocycles. The van der Waals surface area contributed by atoms with Gasteiger partial charge in [-0.1, -0.05) is 19.8 Å². The van der Waals surface area contributed by atoms with Gasteiger partial charge in [-0.05, 0) is 64.6 Å². The highest BCUT2D eigenvalue weighted by atomic mass is 16.3. The molecular weight excluding hydrogens is 248 g/mol. The van der Waals surface area contributed by atoms with Crippen molar-refractivity contribution < 1.29 is 5.11 Å². The summed E-state index contributed by atoms with van der Waals surface area (Å²) in [5.74, 6) is 1.38. The summed E-state index contributed by atoms with van der Waals surface area (Å²) in [4.78, 5) is 4.97. The highest BCUT2D eigenvalue weighted by molar-refractivity contribution is 4.85. The van der Waals surface area contributed by atoms with Gasteiger partial charge >= 0.3 is 0 Å². The van der Waals surface area contributed by atoms with Gasteiger partial charge < -0.3 is 14.9 Å². The molecule has 1 N–H and O–H groups in total. The summed E-state index contributed by atoms with van der Waals surface area (Å²) >= 11 is 0. The maximum Gasteiger partial charge on any atom is 0.0580 e. The fourth-order valence-corrected chi connectivity index (χ4v) is 4.16. The number of hydrogen-bond donors (Lipinski definition) is 1. The zero-order valence-corrected chi connectivity index (χ0v) is 13.7. The van der Waals surface area contributed by atoms with Gasteiger partial charge in [0.05, 0.1) is 6.10 Å². The third-order valence-electron chi connectivity index (χ3n) is 5.45. The van der Waals surface area contributed by atoms with E-state index in [4.69, 9.17) is 0 Å². The van der Waals surface area contributed by atoms with Gasteiger partial charge in [0, 0.05) is 19.1 Å². The third-order valence-corrected chi connectivity index (χ3v) is 5.45. The molecule has 0 radical (unpaired) electrons. The number of hydrogen-bond acceptors (Lipinski definition) is 3.